The van der Waals surface area contributed by atoms with Crippen molar-refractivity contribution in [2.24, 2.45) is 11.7 Å². The van der Waals surface area contributed by atoms with Crippen molar-refractivity contribution in [3.8, 4) is 0 Å². The van der Waals surface area contributed by atoms with Crippen LogP contribution < -0.4 is 5.73 Å². The molecule has 1 aliphatic carbocycles. The van der Waals surface area contributed by atoms with E-state index in [2.05, 4.69) is 4.90 Å². The van der Waals surface area contributed by atoms with E-state index in [1.54, 1.807) is 0 Å². The minimum Gasteiger partial charge on any atom is -0.394 e. The van der Waals surface area contributed by atoms with Gasteiger partial charge in [-0.15, -0.1) is 0 Å². The Hall–Kier alpha value is -0.900. The maximum Gasteiger partial charge on any atom is 0.0773 e. The van der Waals surface area contributed by atoms with Gasteiger partial charge in [-0.25, -0.2) is 0 Å². The van der Waals surface area contributed by atoms with Gasteiger partial charge in [-0.3, -0.25) is 4.90 Å². The van der Waals surface area contributed by atoms with Gasteiger partial charge in [0.2, 0.25) is 0 Å². The molecule has 0 amide bonds. The van der Waals surface area contributed by atoms with Gasteiger partial charge in [0.25, 0.3) is 0 Å². The average Bonchev–Trinajstić information content (AvgIpc) is 2.91. The predicted molar refractivity (Wildman–Crippen MR) is 81.3 cm³/mol. The van der Waals surface area contributed by atoms with Crippen LogP contribution in [0.2, 0.25) is 0 Å². The lowest BCUT2D eigenvalue weighted by Gasteiger charge is -2.38. The first-order valence-electron chi connectivity index (χ1n) is 7.92. The van der Waals surface area contributed by atoms with E-state index in [9.17, 15) is 5.11 Å². The highest BCUT2D eigenvalue weighted by Crippen LogP contribution is 2.37. The summed E-state index contributed by atoms with van der Waals surface area (Å²) < 4.78 is 0. The number of nitrogens with zero attached hydrogens (tertiary/aromatic N) is 1. The normalized spacial score (nSPS) is 29.9. The van der Waals surface area contributed by atoms with Gasteiger partial charge in [0.05, 0.1) is 12.1 Å². The third kappa shape index (κ3) is 2.62. The number of nitrogens with two attached hydrogens (primary N) is 1. The monoisotopic (exact) mass is 274 g/mol. The molecule has 3 N–H and O–H groups in total. The zero-order chi connectivity index (χ0) is 14.0. The summed E-state index contributed by atoms with van der Waals surface area (Å²) in [4.78, 5) is 2.53. The average molecular weight is 274 g/mol. The van der Waals surface area contributed by atoms with E-state index < -0.39 is 5.54 Å². The molecule has 0 aromatic heterocycles. The predicted octanol–water partition coefficient (Wildman–Crippen LogP) is 2.10. The number of rotatable bonds is 4. The summed E-state index contributed by atoms with van der Waals surface area (Å²) in [7, 11) is 0. The van der Waals surface area contributed by atoms with Crippen LogP contribution in [-0.2, 0) is 5.54 Å². The first-order chi connectivity index (χ1) is 9.73. The van der Waals surface area contributed by atoms with Crippen molar-refractivity contribution in [3.63, 3.8) is 0 Å². The van der Waals surface area contributed by atoms with Crippen molar-refractivity contribution < 1.29 is 5.11 Å². The van der Waals surface area contributed by atoms with Crippen molar-refractivity contribution in [2.75, 3.05) is 19.7 Å². The molecule has 3 unspecified atom stereocenters. The summed E-state index contributed by atoms with van der Waals surface area (Å²) in [5.74, 6) is 0.863. The van der Waals surface area contributed by atoms with Gasteiger partial charge < -0.3 is 10.8 Å². The molecule has 1 heterocycles. The summed E-state index contributed by atoms with van der Waals surface area (Å²) in [5, 5.41) is 9.84. The number of hydrogen-bond acceptors (Lipinski definition) is 3. The number of fused-ring (bicyclic) bond motifs is 1. The van der Waals surface area contributed by atoms with Crippen LogP contribution in [0.15, 0.2) is 30.3 Å². The molecule has 3 atom stereocenters. The number of aliphatic hydroxyl groups is 1. The topological polar surface area (TPSA) is 49.5 Å². The van der Waals surface area contributed by atoms with E-state index in [1.807, 2.05) is 30.3 Å². The lowest BCUT2D eigenvalue weighted by molar-refractivity contribution is 0.108. The maximum atomic E-state index is 9.84. The highest BCUT2D eigenvalue weighted by molar-refractivity contribution is 5.25. The van der Waals surface area contributed by atoms with Gasteiger partial charge in [-0.1, -0.05) is 43.2 Å². The Morgan fingerprint density at radius 3 is 2.65 bits per heavy atom. The highest BCUT2D eigenvalue weighted by Gasteiger charge is 2.39. The molecule has 1 aromatic rings. The second-order valence-electron chi connectivity index (χ2n) is 6.55. The molecule has 2 aliphatic rings. The molecule has 0 radical (unpaired) electrons. The summed E-state index contributed by atoms with van der Waals surface area (Å²) in [6, 6.07) is 10.8. The Bertz CT molecular complexity index is 436. The Balaban J connectivity index is 1.75. The maximum absolute atomic E-state index is 9.84. The summed E-state index contributed by atoms with van der Waals surface area (Å²) >= 11 is 0. The van der Waals surface area contributed by atoms with Crippen LogP contribution in [0, 0.1) is 5.92 Å². The lowest BCUT2D eigenvalue weighted by Crippen LogP contribution is -2.52. The Morgan fingerprint density at radius 2 is 1.90 bits per heavy atom. The Labute approximate surface area is 121 Å². The minimum absolute atomic E-state index is 0.00486. The fraction of sp³-hybridized carbons (Fsp3) is 0.647. The molecule has 0 spiro atoms. The molecule has 1 saturated heterocycles. The van der Waals surface area contributed by atoms with Crippen molar-refractivity contribution in [3.05, 3.63) is 35.9 Å². The molecule has 2 fully saturated rings. The largest absolute Gasteiger partial charge is 0.394 e. The van der Waals surface area contributed by atoms with Crippen LogP contribution in [0.25, 0.3) is 0 Å². The van der Waals surface area contributed by atoms with Gasteiger partial charge >= 0.3 is 0 Å². The fourth-order valence-electron chi connectivity index (χ4n) is 4.06. The van der Waals surface area contributed by atoms with Crippen molar-refractivity contribution in [2.45, 2.75) is 43.7 Å². The van der Waals surface area contributed by atoms with Crippen molar-refractivity contribution in [1.82, 2.24) is 4.90 Å². The second kappa shape index (κ2) is 5.84. The summed E-state index contributed by atoms with van der Waals surface area (Å²) in [6.07, 6.45) is 6.73. The van der Waals surface area contributed by atoms with E-state index >= 15 is 0 Å². The molecular formula is C17H26N2O. The minimum atomic E-state index is -0.631. The number of hydrogen-bond donors (Lipinski definition) is 2. The molecule has 0 bridgehead atoms. The van der Waals surface area contributed by atoms with E-state index in [4.69, 9.17) is 5.73 Å². The number of benzene rings is 1. The summed E-state index contributed by atoms with van der Waals surface area (Å²) in [6.45, 7) is 1.92. The van der Waals surface area contributed by atoms with Crippen LogP contribution >= 0.6 is 0 Å². The molecule has 1 saturated carbocycles. The van der Waals surface area contributed by atoms with E-state index in [1.165, 1.54) is 32.1 Å². The van der Waals surface area contributed by atoms with Crippen LogP contribution in [-0.4, -0.2) is 35.7 Å². The quantitative estimate of drug-likeness (QED) is 0.884. The molecular weight excluding hydrogens is 248 g/mol. The van der Waals surface area contributed by atoms with Gasteiger partial charge in [-0.05, 0) is 37.3 Å². The van der Waals surface area contributed by atoms with Gasteiger partial charge in [0, 0.05) is 12.6 Å². The zero-order valence-corrected chi connectivity index (χ0v) is 12.2. The molecule has 3 rings (SSSR count). The van der Waals surface area contributed by atoms with Crippen molar-refractivity contribution >= 4 is 0 Å². The Kier molecular flexibility index (Phi) is 4.11. The first kappa shape index (κ1) is 14.1. The fourth-order valence-corrected chi connectivity index (χ4v) is 4.06. The standard InChI is InChI=1S/C17H26N2O/c18-17(13-20,15-7-2-1-3-8-15)12-19-11-10-14-6-4-5-9-16(14)19/h1-3,7-8,14,16,20H,4-6,9-13,18H2. The summed E-state index contributed by atoms with van der Waals surface area (Å²) in [5.41, 5.74) is 6.94. The van der Waals surface area contributed by atoms with Crippen LogP contribution in [0.3, 0.4) is 0 Å². The molecule has 1 aromatic carbocycles. The van der Waals surface area contributed by atoms with E-state index in [0.29, 0.717) is 6.04 Å². The number of aliphatic hydroxyl groups excluding tert-OH is 1. The van der Waals surface area contributed by atoms with Crippen molar-refractivity contribution in [1.29, 1.82) is 0 Å². The second-order valence-corrected chi connectivity index (χ2v) is 6.55. The van der Waals surface area contributed by atoms with Gasteiger partial charge in [0.15, 0.2) is 0 Å². The smallest absolute Gasteiger partial charge is 0.0773 e. The third-order valence-electron chi connectivity index (χ3n) is 5.24. The molecule has 3 heteroatoms. The number of likely N-dealkylation sites (tertiary alicyclic amines) is 1. The van der Waals surface area contributed by atoms with Crippen LogP contribution in [0.5, 0.6) is 0 Å². The zero-order valence-electron chi connectivity index (χ0n) is 12.2. The van der Waals surface area contributed by atoms with Gasteiger partial charge in [0.1, 0.15) is 0 Å². The highest BCUT2D eigenvalue weighted by atomic mass is 16.3. The van der Waals surface area contributed by atoms with Crippen LogP contribution in [0.4, 0.5) is 0 Å². The Morgan fingerprint density at radius 1 is 1.15 bits per heavy atom. The lowest BCUT2D eigenvalue weighted by atomic mass is 9.84. The van der Waals surface area contributed by atoms with E-state index in [0.717, 1.165) is 24.6 Å². The third-order valence-corrected chi connectivity index (χ3v) is 5.24. The molecule has 20 heavy (non-hydrogen) atoms. The van der Waals surface area contributed by atoms with Gasteiger partial charge in [-0.2, -0.15) is 0 Å². The van der Waals surface area contributed by atoms with E-state index in [-0.39, 0.29) is 6.61 Å². The molecule has 110 valence electrons. The molecule has 3 nitrogen and oxygen atoms in total. The van der Waals surface area contributed by atoms with Crippen LogP contribution in [0.1, 0.15) is 37.7 Å². The molecule has 1 aliphatic heterocycles. The first-order valence-corrected chi connectivity index (χ1v) is 7.92. The SMILES string of the molecule is NC(CO)(CN1CCC2CCCCC21)c1ccccc1.